The van der Waals surface area contributed by atoms with Gasteiger partial charge in [0, 0.05) is 16.8 Å². The molecule has 0 heterocycles. The molecule has 0 atom stereocenters. The lowest BCUT2D eigenvalue weighted by atomic mass is 9.98. The van der Waals surface area contributed by atoms with Gasteiger partial charge in [0.1, 0.15) is 5.71 Å². The van der Waals surface area contributed by atoms with Crippen LogP contribution in [-0.4, -0.2) is 16.8 Å². The number of aliphatic carboxylic acids is 1. The first-order chi connectivity index (χ1) is 9.40. The molecule has 102 valence electrons. The molecule has 0 aromatic heterocycles. The van der Waals surface area contributed by atoms with Gasteiger partial charge in [-0.15, -0.1) is 0 Å². The van der Waals surface area contributed by atoms with Crippen LogP contribution in [0.2, 0.25) is 5.02 Å². The van der Waals surface area contributed by atoms with Gasteiger partial charge < -0.3 is 10.8 Å². The number of nitrogens with two attached hydrogens (primary N) is 1. The van der Waals surface area contributed by atoms with Crippen molar-refractivity contribution < 1.29 is 9.90 Å². The standard InChI is InChI=1S/C15H13ClN2O2/c1-8-2-4-9(5-3-8)10-6-11(14(18)15(19)20)13(17)7-12(10)16/h2-7,18H,17H2,1H3,(H,19,20). The van der Waals surface area contributed by atoms with Gasteiger partial charge in [0.2, 0.25) is 0 Å². The summed E-state index contributed by atoms with van der Waals surface area (Å²) in [6.07, 6.45) is 0. The minimum atomic E-state index is -1.33. The molecule has 2 aromatic carbocycles. The van der Waals surface area contributed by atoms with Crippen LogP contribution in [0.1, 0.15) is 11.1 Å². The lowest BCUT2D eigenvalue weighted by molar-refractivity contribution is -0.129. The molecule has 0 fully saturated rings. The van der Waals surface area contributed by atoms with Crippen molar-refractivity contribution in [1.29, 1.82) is 5.41 Å². The van der Waals surface area contributed by atoms with Gasteiger partial charge in [-0.3, -0.25) is 5.41 Å². The van der Waals surface area contributed by atoms with Gasteiger partial charge in [-0.05, 0) is 24.6 Å². The highest BCUT2D eigenvalue weighted by Gasteiger charge is 2.16. The number of benzene rings is 2. The van der Waals surface area contributed by atoms with Crippen molar-refractivity contribution in [1.82, 2.24) is 0 Å². The van der Waals surface area contributed by atoms with E-state index in [1.165, 1.54) is 6.07 Å². The Balaban J connectivity index is 2.59. The summed E-state index contributed by atoms with van der Waals surface area (Å²) in [4.78, 5) is 10.9. The highest BCUT2D eigenvalue weighted by molar-refractivity contribution is 6.43. The number of hydrogen-bond acceptors (Lipinski definition) is 3. The summed E-state index contributed by atoms with van der Waals surface area (Å²) in [5, 5.41) is 16.9. The largest absolute Gasteiger partial charge is 0.477 e. The maximum Gasteiger partial charge on any atom is 0.354 e. The van der Waals surface area contributed by atoms with Crippen molar-refractivity contribution >= 4 is 29.0 Å². The third kappa shape index (κ3) is 2.65. The number of hydrogen-bond donors (Lipinski definition) is 3. The van der Waals surface area contributed by atoms with Crippen molar-refractivity contribution in [3.05, 3.63) is 52.5 Å². The van der Waals surface area contributed by atoms with Gasteiger partial charge in [-0.25, -0.2) is 4.79 Å². The summed E-state index contributed by atoms with van der Waals surface area (Å²) in [5.74, 6) is -1.33. The predicted molar refractivity (Wildman–Crippen MR) is 80.5 cm³/mol. The van der Waals surface area contributed by atoms with Crippen LogP contribution in [0.5, 0.6) is 0 Å². The molecule has 0 aliphatic rings. The normalized spacial score (nSPS) is 10.3. The molecule has 0 aliphatic heterocycles. The van der Waals surface area contributed by atoms with Crippen LogP contribution in [0, 0.1) is 12.3 Å². The van der Waals surface area contributed by atoms with Crippen LogP contribution in [0.25, 0.3) is 11.1 Å². The number of nitrogen functional groups attached to an aromatic ring is 1. The van der Waals surface area contributed by atoms with Gasteiger partial charge in [-0.1, -0.05) is 41.4 Å². The van der Waals surface area contributed by atoms with E-state index >= 15 is 0 Å². The number of nitrogens with one attached hydrogen (secondary N) is 1. The molecule has 0 spiro atoms. The van der Waals surface area contributed by atoms with Gasteiger partial charge >= 0.3 is 5.97 Å². The van der Waals surface area contributed by atoms with E-state index in [1.807, 2.05) is 31.2 Å². The van der Waals surface area contributed by atoms with Gasteiger partial charge in [0.15, 0.2) is 0 Å². The maximum atomic E-state index is 10.9. The van der Waals surface area contributed by atoms with E-state index in [-0.39, 0.29) is 11.3 Å². The number of aryl methyl sites for hydroxylation is 1. The molecular weight excluding hydrogens is 276 g/mol. The van der Waals surface area contributed by atoms with Crippen LogP contribution >= 0.6 is 11.6 Å². The number of carboxylic acid groups (broad SMARTS) is 1. The first-order valence-corrected chi connectivity index (χ1v) is 6.26. The summed E-state index contributed by atoms with van der Waals surface area (Å²) in [5.41, 5.74) is 8.15. The molecule has 4 N–H and O–H groups in total. The van der Waals surface area contributed by atoms with E-state index in [0.29, 0.717) is 10.6 Å². The third-order valence-electron chi connectivity index (χ3n) is 2.98. The Bertz CT molecular complexity index is 694. The summed E-state index contributed by atoms with van der Waals surface area (Å²) in [6.45, 7) is 1.97. The van der Waals surface area contributed by atoms with Crippen molar-refractivity contribution in [2.45, 2.75) is 6.92 Å². The number of carbonyl (C=O) groups is 1. The Hall–Kier alpha value is -2.33. The molecule has 4 nitrogen and oxygen atoms in total. The maximum absolute atomic E-state index is 10.9. The summed E-state index contributed by atoms with van der Waals surface area (Å²) >= 11 is 6.16. The molecule has 2 rings (SSSR count). The lowest BCUT2D eigenvalue weighted by Gasteiger charge is -2.10. The summed E-state index contributed by atoms with van der Waals surface area (Å²) in [7, 11) is 0. The molecule has 0 saturated heterocycles. The first kappa shape index (κ1) is 14.1. The van der Waals surface area contributed by atoms with E-state index in [1.54, 1.807) is 6.07 Å². The number of halogens is 1. The molecule has 0 radical (unpaired) electrons. The first-order valence-electron chi connectivity index (χ1n) is 5.88. The minimum absolute atomic E-state index is 0.164. The number of carboxylic acids is 1. The molecule has 5 heteroatoms. The van der Waals surface area contributed by atoms with E-state index < -0.39 is 11.7 Å². The van der Waals surface area contributed by atoms with Crippen LogP contribution in [0.15, 0.2) is 36.4 Å². The van der Waals surface area contributed by atoms with Crippen molar-refractivity contribution in [3.63, 3.8) is 0 Å². The Morgan fingerprint density at radius 3 is 2.40 bits per heavy atom. The zero-order chi connectivity index (χ0) is 14.9. The molecular formula is C15H13ClN2O2. The molecule has 0 saturated carbocycles. The Labute approximate surface area is 121 Å². The highest BCUT2D eigenvalue weighted by atomic mass is 35.5. The quantitative estimate of drug-likeness (QED) is 0.598. The van der Waals surface area contributed by atoms with Crippen molar-refractivity contribution in [2.75, 3.05) is 5.73 Å². The Kier molecular flexibility index (Phi) is 3.77. The van der Waals surface area contributed by atoms with E-state index in [9.17, 15) is 4.79 Å². The van der Waals surface area contributed by atoms with Gasteiger partial charge in [0.25, 0.3) is 0 Å². The Morgan fingerprint density at radius 1 is 1.25 bits per heavy atom. The number of anilines is 1. The SMILES string of the molecule is Cc1ccc(-c2cc(C(=N)C(=O)O)c(N)cc2Cl)cc1. The van der Waals surface area contributed by atoms with E-state index in [0.717, 1.165) is 11.1 Å². The zero-order valence-corrected chi connectivity index (χ0v) is 11.5. The highest BCUT2D eigenvalue weighted by Crippen LogP contribution is 2.32. The molecule has 20 heavy (non-hydrogen) atoms. The van der Waals surface area contributed by atoms with Crippen molar-refractivity contribution in [3.8, 4) is 11.1 Å². The second-order valence-corrected chi connectivity index (χ2v) is 4.87. The Morgan fingerprint density at radius 2 is 1.85 bits per heavy atom. The van der Waals surface area contributed by atoms with Crippen LogP contribution in [0.3, 0.4) is 0 Å². The van der Waals surface area contributed by atoms with E-state index in [2.05, 4.69) is 0 Å². The fourth-order valence-corrected chi connectivity index (χ4v) is 2.16. The van der Waals surface area contributed by atoms with E-state index in [4.69, 9.17) is 27.9 Å². The monoisotopic (exact) mass is 288 g/mol. The van der Waals surface area contributed by atoms with Gasteiger partial charge in [0.05, 0.1) is 5.02 Å². The molecule has 2 aromatic rings. The van der Waals surface area contributed by atoms with Crippen molar-refractivity contribution in [2.24, 2.45) is 0 Å². The lowest BCUT2D eigenvalue weighted by Crippen LogP contribution is -2.15. The average molecular weight is 289 g/mol. The second-order valence-electron chi connectivity index (χ2n) is 4.47. The van der Waals surface area contributed by atoms with Crippen LogP contribution in [-0.2, 0) is 4.79 Å². The topological polar surface area (TPSA) is 87.2 Å². The van der Waals surface area contributed by atoms with Gasteiger partial charge in [-0.2, -0.15) is 0 Å². The molecule has 0 bridgehead atoms. The average Bonchev–Trinajstić information content (AvgIpc) is 2.39. The number of rotatable bonds is 3. The van der Waals surface area contributed by atoms with Crippen LogP contribution < -0.4 is 5.73 Å². The second kappa shape index (κ2) is 5.35. The minimum Gasteiger partial charge on any atom is -0.477 e. The fraction of sp³-hybridized carbons (Fsp3) is 0.0667. The molecule has 0 unspecified atom stereocenters. The predicted octanol–water partition coefficient (Wildman–Crippen LogP) is 3.35. The smallest absolute Gasteiger partial charge is 0.354 e. The summed E-state index contributed by atoms with van der Waals surface area (Å²) in [6, 6.07) is 10.7. The molecule has 0 amide bonds. The zero-order valence-electron chi connectivity index (χ0n) is 10.8. The summed E-state index contributed by atoms with van der Waals surface area (Å²) < 4.78 is 0. The fourth-order valence-electron chi connectivity index (χ4n) is 1.87. The molecule has 0 aliphatic carbocycles. The van der Waals surface area contributed by atoms with Crippen LogP contribution in [0.4, 0.5) is 5.69 Å². The third-order valence-corrected chi connectivity index (χ3v) is 3.30.